The molecule has 2 aromatic carbocycles. The second-order valence-corrected chi connectivity index (χ2v) is 7.04. The molecule has 3 rings (SSSR count). The van der Waals surface area contributed by atoms with Crippen LogP contribution in [-0.4, -0.2) is 24.5 Å². The number of rotatable bonds is 5. The summed E-state index contributed by atoms with van der Waals surface area (Å²) in [5, 5.41) is 11.7. The molecule has 1 aliphatic rings. The zero-order valence-electron chi connectivity index (χ0n) is 14.9. The Balaban J connectivity index is 2.03. The minimum absolute atomic E-state index is 0.249. The molecule has 1 heterocycles. The van der Waals surface area contributed by atoms with E-state index in [1.54, 1.807) is 13.2 Å². The minimum Gasteiger partial charge on any atom is -0.504 e. The summed E-state index contributed by atoms with van der Waals surface area (Å²) in [4.78, 5) is 4.66. The van der Waals surface area contributed by atoms with Gasteiger partial charge in [0.05, 0.1) is 12.8 Å². The number of methoxy groups -OCH3 is 1. The van der Waals surface area contributed by atoms with Gasteiger partial charge in [-0.1, -0.05) is 48.7 Å². The predicted molar refractivity (Wildman–Crippen MR) is 109 cm³/mol. The average molecular weight is 390 g/mol. The highest BCUT2D eigenvalue weighted by Gasteiger charge is 2.21. The summed E-state index contributed by atoms with van der Waals surface area (Å²) >= 11 is 12.2. The molecule has 0 bridgehead atoms. The van der Waals surface area contributed by atoms with Crippen LogP contribution in [-0.2, 0) is 12.8 Å². The van der Waals surface area contributed by atoms with Gasteiger partial charge in [0.15, 0.2) is 11.5 Å². The first kappa shape index (κ1) is 18.8. The molecule has 0 amide bonds. The molecule has 1 N–H and O–H groups in total. The SMILES string of the molecule is CCCc1c(O)c(OC)cc2c1CCN=C2/C=C/c1ccc(Cl)cc1Cl. The molecule has 2 aromatic rings. The van der Waals surface area contributed by atoms with Gasteiger partial charge in [0, 0.05) is 27.7 Å². The maximum atomic E-state index is 10.5. The van der Waals surface area contributed by atoms with Crippen LogP contribution in [0.3, 0.4) is 0 Å². The lowest BCUT2D eigenvalue weighted by atomic mass is 9.89. The number of hydrogen-bond acceptors (Lipinski definition) is 3. The van der Waals surface area contributed by atoms with Crippen molar-refractivity contribution in [3.63, 3.8) is 0 Å². The lowest BCUT2D eigenvalue weighted by Gasteiger charge is -2.21. The Bertz CT molecular complexity index is 888. The third-order valence-electron chi connectivity index (χ3n) is 4.51. The number of hydrogen-bond donors (Lipinski definition) is 1. The van der Waals surface area contributed by atoms with Gasteiger partial charge in [-0.2, -0.15) is 0 Å². The minimum atomic E-state index is 0.249. The molecule has 0 fully saturated rings. The molecule has 0 spiro atoms. The van der Waals surface area contributed by atoms with Crippen LogP contribution in [0.15, 0.2) is 35.3 Å². The Morgan fingerprint density at radius 1 is 1.23 bits per heavy atom. The molecule has 3 nitrogen and oxygen atoms in total. The summed E-state index contributed by atoms with van der Waals surface area (Å²) in [6.07, 6.45) is 6.48. The zero-order chi connectivity index (χ0) is 18.7. The highest BCUT2D eigenvalue weighted by atomic mass is 35.5. The maximum absolute atomic E-state index is 10.5. The molecule has 0 saturated heterocycles. The van der Waals surface area contributed by atoms with Crippen LogP contribution in [0.1, 0.15) is 35.6 Å². The molecule has 26 heavy (non-hydrogen) atoms. The van der Waals surface area contributed by atoms with E-state index >= 15 is 0 Å². The first-order valence-corrected chi connectivity index (χ1v) is 9.40. The van der Waals surface area contributed by atoms with Crippen LogP contribution < -0.4 is 4.74 Å². The van der Waals surface area contributed by atoms with E-state index in [1.807, 2.05) is 30.4 Å². The fourth-order valence-electron chi connectivity index (χ4n) is 3.25. The molecule has 0 aromatic heterocycles. The molecule has 0 unspecified atom stereocenters. The normalized spacial score (nSPS) is 13.6. The van der Waals surface area contributed by atoms with Crippen molar-refractivity contribution in [2.75, 3.05) is 13.7 Å². The molecule has 136 valence electrons. The van der Waals surface area contributed by atoms with Crippen molar-refractivity contribution < 1.29 is 9.84 Å². The van der Waals surface area contributed by atoms with Crippen molar-refractivity contribution in [1.29, 1.82) is 0 Å². The quantitative estimate of drug-likeness (QED) is 0.710. The Morgan fingerprint density at radius 3 is 2.73 bits per heavy atom. The summed E-state index contributed by atoms with van der Waals surface area (Å²) in [5.41, 5.74) is 4.88. The van der Waals surface area contributed by atoms with E-state index in [0.717, 1.165) is 47.2 Å². The second-order valence-electron chi connectivity index (χ2n) is 6.20. The third-order valence-corrected chi connectivity index (χ3v) is 5.07. The van der Waals surface area contributed by atoms with Crippen LogP contribution in [0.5, 0.6) is 11.5 Å². The van der Waals surface area contributed by atoms with E-state index in [-0.39, 0.29) is 5.75 Å². The van der Waals surface area contributed by atoms with E-state index in [2.05, 4.69) is 11.9 Å². The van der Waals surface area contributed by atoms with Gasteiger partial charge >= 0.3 is 0 Å². The number of phenols is 1. The van der Waals surface area contributed by atoms with E-state index in [0.29, 0.717) is 22.3 Å². The van der Waals surface area contributed by atoms with E-state index in [4.69, 9.17) is 27.9 Å². The Morgan fingerprint density at radius 2 is 2.04 bits per heavy atom. The number of halogens is 2. The number of allylic oxidation sites excluding steroid dienone is 1. The lowest BCUT2D eigenvalue weighted by molar-refractivity contribution is 0.369. The van der Waals surface area contributed by atoms with Crippen molar-refractivity contribution >= 4 is 35.0 Å². The molecule has 0 saturated carbocycles. The summed E-state index contributed by atoms with van der Waals surface area (Å²) < 4.78 is 5.38. The summed E-state index contributed by atoms with van der Waals surface area (Å²) in [6.45, 7) is 2.80. The Kier molecular flexibility index (Phi) is 5.90. The van der Waals surface area contributed by atoms with Crippen LogP contribution in [0.4, 0.5) is 0 Å². The molecule has 1 aliphatic heterocycles. The monoisotopic (exact) mass is 389 g/mol. The fraction of sp³-hybridized carbons (Fsp3) is 0.286. The summed E-state index contributed by atoms with van der Waals surface area (Å²) in [5.74, 6) is 0.735. The topological polar surface area (TPSA) is 41.8 Å². The Hall–Kier alpha value is -1.97. The number of benzene rings is 2. The van der Waals surface area contributed by atoms with Crippen LogP contribution in [0, 0.1) is 0 Å². The number of phenolic OH excluding ortho intramolecular Hbond substituents is 1. The standard InChI is InChI=1S/C21H21Cl2NO2/c1-3-4-16-15-9-10-24-19(17(15)12-20(26-2)21(16)25)8-6-13-5-7-14(22)11-18(13)23/h5-8,11-12,25H,3-4,9-10H2,1-2H3/b8-6+. The smallest absolute Gasteiger partial charge is 0.161 e. The van der Waals surface area contributed by atoms with Crippen LogP contribution in [0.25, 0.3) is 6.08 Å². The van der Waals surface area contributed by atoms with Crippen LogP contribution >= 0.6 is 23.2 Å². The molecular weight excluding hydrogens is 369 g/mol. The molecule has 0 atom stereocenters. The second kappa shape index (κ2) is 8.15. The fourth-order valence-corrected chi connectivity index (χ4v) is 3.72. The van der Waals surface area contributed by atoms with Crippen LogP contribution in [0.2, 0.25) is 10.0 Å². The lowest BCUT2D eigenvalue weighted by Crippen LogP contribution is -2.14. The van der Waals surface area contributed by atoms with Gasteiger partial charge in [-0.15, -0.1) is 0 Å². The average Bonchev–Trinajstić information content (AvgIpc) is 2.63. The Labute approximate surface area is 163 Å². The van der Waals surface area contributed by atoms with Gasteiger partial charge in [-0.25, -0.2) is 0 Å². The summed E-state index contributed by atoms with van der Waals surface area (Å²) in [6, 6.07) is 7.28. The number of aromatic hydroxyl groups is 1. The zero-order valence-corrected chi connectivity index (χ0v) is 16.4. The largest absolute Gasteiger partial charge is 0.504 e. The first-order chi connectivity index (χ1) is 12.5. The van der Waals surface area contributed by atoms with Gasteiger partial charge < -0.3 is 9.84 Å². The number of fused-ring (bicyclic) bond motifs is 1. The van der Waals surface area contributed by atoms with Gasteiger partial charge in [-0.05, 0) is 48.2 Å². The van der Waals surface area contributed by atoms with Crippen molar-refractivity contribution in [2.24, 2.45) is 4.99 Å². The number of ether oxygens (including phenoxy) is 1. The van der Waals surface area contributed by atoms with Crippen molar-refractivity contribution in [3.8, 4) is 11.5 Å². The first-order valence-electron chi connectivity index (χ1n) is 8.64. The maximum Gasteiger partial charge on any atom is 0.161 e. The molecule has 5 heteroatoms. The van der Waals surface area contributed by atoms with Gasteiger partial charge in [-0.3, -0.25) is 4.99 Å². The number of nitrogens with zero attached hydrogens (tertiary/aromatic N) is 1. The van der Waals surface area contributed by atoms with E-state index < -0.39 is 0 Å². The van der Waals surface area contributed by atoms with Gasteiger partial charge in [0.25, 0.3) is 0 Å². The predicted octanol–water partition coefficient (Wildman–Crippen LogP) is 5.72. The molecular formula is C21H21Cl2NO2. The number of aliphatic imine (C=N–C) groups is 1. The summed E-state index contributed by atoms with van der Waals surface area (Å²) in [7, 11) is 1.57. The van der Waals surface area contributed by atoms with Crippen molar-refractivity contribution in [2.45, 2.75) is 26.2 Å². The van der Waals surface area contributed by atoms with Gasteiger partial charge in [0.1, 0.15) is 0 Å². The third kappa shape index (κ3) is 3.74. The highest BCUT2D eigenvalue weighted by Crippen LogP contribution is 2.38. The van der Waals surface area contributed by atoms with E-state index in [9.17, 15) is 5.11 Å². The molecule has 0 radical (unpaired) electrons. The van der Waals surface area contributed by atoms with Crippen molar-refractivity contribution in [1.82, 2.24) is 0 Å². The van der Waals surface area contributed by atoms with E-state index in [1.165, 1.54) is 0 Å². The van der Waals surface area contributed by atoms with Crippen molar-refractivity contribution in [3.05, 3.63) is 62.6 Å². The molecule has 0 aliphatic carbocycles. The van der Waals surface area contributed by atoms with Gasteiger partial charge in [0.2, 0.25) is 0 Å². The highest BCUT2D eigenvalue weighted by molar-refractivity contribution is 6.35.